The molecule has 5 heteroatoms. The highest BCUT2D eigenvalue weighted by Crippen LogP contribution is 2.32. The van der Waals surface area contributed by atoms with Crippen LogP contribution in [0.15, 0.2) is 36.7 Å². The molecule has 0 amide bonds. The van der Waals surface area contributed by atoms with Crippen LogP contribution in [0, 0.1) is 5.82 Å². The van der Waals surface area contributed by atoms with Crippen LogP contribution in [0.25, 0.3) is 10.9 Å². The van der Waals surface area contributed by atoms with Crippen LogP contribution in [0.3, 0.4) is 0 Å². The van der Waals surface area contributed by atoms with E-state index < -0.39 is 0 Å². The summed E-state index contributed by atoms with van der Waals surface area (Å²) in [5, 5.41) is 2.01. The van der Waals surface area contributed by atoms with Crippen LogP contribution in [0.4, 0.5) is 4.39 Å². The first-order valence-electron chi connectivity index (χ1n) is 8.19. The Kier molecular flexibility index (Phi) is 4.02. The first kappa shape index (κ1) is 15.6. The fraction of sp³-hybridized carbons (Fsp3) is 0.316. The number of aromatic nitrogens is 2. The molecule has 24 heavy (non-hydrogen) atoms. The van der Waals surface area contributed by atoms with Gasteiger partial charge in [-0.3, -0.25) is 4.98 Å². The SMILES string of the molecule is CN1CCc2c(c3cc(Cl)ccc3n2CCc2cncc(F)c2)C1. The predicted octanol–water partition coefficient (Wildman–Crippen LogP) is 4.06. The Morgan fingerprint density at radius 1 is 1.25 bits per heavy atom. The average Bonchev–Trinajstić information content (AvgIpc) is 2.85. The Morgan fingerprint density at radius 2 is 2.12 bits per heavy atom. The second-order valence-electron chi connectivity index (χ2n) is 6.49. The Labute approximate surface area is 145 Å². The maximum atomic E-state index is 13.4. The van der Waals surface area contributed by atoms with Crippen molar-refractivity contribution in [2.24, 2.45) is 0 Å². The highest BCUT2D eigenvalue weighted by Gasteiger charge is 2.22. The van der Waals surface area contributed by atoms with Crippen molar-refractivity contribution in [1.29, 1.82) is 0 Å². The van der Waals surface area contributed by atoms with Crippen LogP contribution in [0.1, 0.15) is 16.8 Å². The van der Waals surface area contributed by atoms with E-state index in [9.17, 15) is 4.39 Å². The molecule has 4 rings (SSSR count). The summed E-state index contributed by atoms with van der Waals surface area (Å²) >= 11 is 6.22. The van der Waals surface area contributed by atoms with E-state index >= 15 is 0 Å². The van der Waals surface area contributed by atoms with Crippen molar-refractivity contribution in [2.75, 3.05) is 13.6 Å². The van der Waals surface area contributed by atoms with E-state index in [4.69, 9.17) is 11.6 Å². The predicted molar refractivity (Wildman–Crippen MR) is 94.9 cm³/mol. The number of fused-ring (bicyclic) bond motifs is 3. The average molecular weight is 344 g/mol. The highest BCUT2D eigenvalue weighted by molar-refractivity contribution is 6.31. The van der Waals surface area contributed by atoms with Gasteiger partial charge in [0.1, 0.15) is 5.82 Å². The standard InChI is InChI=1S/C19H19ClFN3/c1-23-6-5-19-17(12-23)16-9-14(20)2-3-18(16)24(19)7-4-13-8-15(21)11-22-10-13/h2-3,8-11H,4-7,12H2,1H3. The van der Waals surface area contributed by atoms with Gasteiger partial charge in [-0.15, -0.1) is 0 Å². The molecule has 124 valence electrons. The Hall–Kier alpha value is -1.91. The van der Waals surface area contributed by atoms with Gasteiger partial charge in [0.15, 0.2) is 0 Å². The monoisotopic (exact) mass is 343 g/mol. The summed E-state index contributed by atoms with van der Waals surface area (Å²) in [7, 11) is 2.15. The van der Waals surface area contributed by atoms with Crippen molar-refractivity contribution >= 4 is 22.5 Å². The third-order valence-corrected chi connectivity index (χ3v) is 5.03. The Balaban J connectivity index is 1.74. The molecule has 2 aromatic heterocycles. The minimum atomic E-state index is -0.278. The summed E-state index contributed by atoms with van der Waals surface area (Å²) in [6.45, 7) is 2.82. The van der Waals surface area contributed by atoms with Crippen molar-refractivity contribution in [3.63, 3.8) is 0 Å². The van der Waals surface area contributed by atoms with Crippen LogP contribution >= 0.6 is 11.6 Å². The van der Waals surface area contributed by atoms with Gasteiger partial charge < -0.3 is 9.47 Å². The van der Waals surface area contributed by atoms with Gasteiger partial charge >= 0.3 is 0 Å². The lowest BCUT2D eigenvalue weighted by atomic mass is 10.1. The molecule has 3 nitrogen and oxygen atoms in total. The van der Waals surface area contributed by atoms with E-state index in [2.05, 4.69) is 33.6 Å². The normalized spacial score (nSPS) is 15.0. The lowest BCUT2D eigenvalue weighted by molar-refractivity contribution is 0.309. The van der Waals surface area contributed by atoms with Crippen molar-refractivity contribution in [2.45, 2.75) is 25.9 Å². The highest BCUT2D eigenvalue weighted by atomic mass is 35.5. The van der Waals surface area contributed by atoms with Gasteiger partial charge in [0.25, 0.3) is 0 Å². The molecule has 0 fully saturated rings. The molecule has 0 bridgehead atoms. The molecule has 0 radical (unpaired) electrons. The number of pyridine rings is 1. The molecule has 3 aromatic rings. The maximum absolute atomic E-state index is 13.4. The molecule has 0 unspecified atom stereocenters. The molecule has 0 saturated heterocycles. The summed E-state index contributed by atoms with van der Waals surface area (Å²) in [5.41, 5.74) is 4.89. The Morgan fingerprint density at radius 3 is 2.96 bits per heavy atom. The number of aryl methyl sites for hydroxylation is 2. The van der Waals surface area contributed by atoms with Crippen molar-refractivity contribution in [3.05, 3.63) is 64.3 Å². The third kappa shape index (κ3) is 2.80. The zero-order valence-electron chi connectivity index (χ0n) is 13.6. The third-order valence-electron chi connectivity index (χ3n) is 4.79. The minimum Gasteiger partial charge on any atom is -0.344 e. The maximum Gasteiger partial charge on any atom is 0.141 e. The lowest BCUT2D eigenvalue weighted by Gasteiger charge is -2.24. The van der Waals surface area contributed by atoms with Crippen LogP contribution < -0.4 is 0 Å². The molecule has 0 N–H and O–H groups in total. The van der Waals surface area contributed by atoms with Crippen molar-refractivity contribution in [3.8, 4) is 0 Å². The molecule has 1 aliphatic rings. The van der Waals surface area contributed by atoms with Gasteiger partial charge in [-0.25, -0.2) is 4.39 Å². The summed E-state index contributed by atoms with van der Waals surface area (Å²) < 4.78 is 15.7. The molecule has 3 heterocycles. The number of hydrogen-bond acceptors (Lipinski definition) is 2. The van der Waals surface area contributed by atoms with Gasteiger partial charge in [0.05, 0.1) is 6.20 Å². The first-order valence-corrected chi connectivity index (χ1v) is 8.57. The second kappa shape index (κ2) is 6.19. The van der Waals surface area contributed by atoms with Crippen LogP contribution in [0.5, 0.6) is 0 Å². The summed E-state index contributed by atoms with van der Waals surface area (Å²) in [6.07, 6.45) is 4.78. The number of halogens is 2. The zero-order valence-corrected chi connectivity index (χ0v) is 14.4. The fourth-order valence-electron chi connectivity index (χ4n) is 3.65. The Bertz CT molecular complexity index is 903. The number of likely N-dealkylation sites (N-methyl/N-ethyl adjacent to an activating group) is 1. The minimum absolute atomic E-state index is 0.278. The molecule has 0 aliphatic carbocycles. The summed E-state index contributed by atoms with van der Waals surface area (Å²) in [6, 6.07) is 7.67. The molecule has 1 aliphatic heterocycles. The van der Waals surface area contributed by atoms with E-state index in [1.165, 1.54) is 28.4 Å². The van der Waals surface area contributed by atoms with Gasteiger partial charge in [-0.05, 0) is 48.9 Å². The summed E-state index contributed by atoms with van der Waals surface area (Å²) in [5.74, 6) is -0.278. The number of benzene rings is 1. The number of hydrogen-bond donors (Lipinski definition) is 0. The first-order chi connectivity index (χ1) is 11.6. The molecule has 0 atom stereocenters. The van der Waals surface area contributed by atoms with Crippen molar-refractivity contribution < 1.29 is 4.39 Å². The topological polar surface area (TPSA) is 21.1 Å². The fourth-order valence-corrected chi connectivity index (χ4v) is 3.82. The van der Waals surface area contributed by atoms with Crippen molar-refractivity contribution in [1.82, 2.24) is 14.5 Å². The van der Waals surface area contributed by atoms with E-state index in [1.807, 2.05) is 6.07 Å². The molecule has 0 spiro atoms. The summed E-state index contributed by atoms with van der Waals surface area (Å²) in [4.78, 5) is 6.28. The van der Waals surface area contributed by atoms with E-state index in [0.717, 1.165) is 43.1 Å². The zero-order chi connectivity index (χ0) is 16.7. The van der Waals surface area contributed by atoms with Crippen LogP contribution in [0.2, 0.25) is 5.02 Å². The molecular weight excluding hydrogens is 325 g/mol. The quantitative estimate of drug-likeness (QED) is 0.715. The van der Waals surface area contributed by atoms with Gasteiger partial charge in [-0.2, -0.15) is 0 Å². The van der Waals surface area contributed by atoms with Gasteiger partial charge in [0.2, 0.25) is 0 Å². The largest absolute Gasteiger partial charge is 0.344 e. The lowest BCUT2D eigenvalue weighted by Crippen LogP contribution is -2.27. The van der Waals surface area contributed by atoms with Gasteiger partial charge in [-0.1, -0.05) is 11.6 Å². The number of rotatable bonds is 3. The molecule has 1 aromatic carbocycles. The van der Waals surface area contributed by atoms with E-state index in [1.54, 1.807) is 12.3 Å². The van der Waals surface area contributed by atoms with Crippen LogP contribution in [-0.2, 0) is 25.9 Å². The molecular formula is C19H19ClFN3. The van der Waals surface area contributed by atoms with E-state index in [0.29, 0.717) is 0 Å². The second-order valence-corrected chi connectivity index (χ2v) is 6.92. The van der Waals surface area contributed by atoms with E-state index in [-0.39, 0.29) is 5.82 Å². The van der Waals surface area contributed by atoms with Gasteiger partial charge in [0, 0.05) is 53.9 Å². The van der Waals surface area contributed by atoms with Crippen LogP contribution in [-0.4, -0.2) is 28.0 Å². The number of nitrogens with zero attached hydrogens (tertiary/aromatic N) is 3. The molecule has 0 saturated carbocycles. The smallest absolute Gasteiger partial charge is 0.141 e.